The van der Waals surface area contributed by atoms with Crippen LogP contribution in [0.25, 0.3) is 89.5 Å². The molecule has 0 radical (unpaired) electrons. The van der Waals surface area contributed by atoms with E-state index in [2.05, 4.69) is 443 Å². The van der Waals surface area contributed by atoms with Crippen molar-refractivity contribution < 1.29 is 0 Å². The molecule has 4 aliphatic heterocycles. The molecule has 0 amide bonds. The number of fused-ring (bicyclic) bond motifs is 8. The molecule has 704 valence electrons. The summed E-state index contributed by atoms with van der Waals surface area (Å²) in [6.07, 6.45) is 22.3. The van der Waals surface area contributed by atoms with Crippen LogP contribution in [0.15, 0.2) is 414 Å². The molecule has 8 aromatic heterocycles. The van der Waals surface area contributed by atoms with E-state index in [0.29, 0.717) is 0 Å². The van der Waals surface area contributed by atoms with Gasteiger partial charge in [-0.1, -0.05) is 239 Å². The van der Waals surface area contributed by atoms with Gasteiger partial charge < -0.3 is 19.6 Å². The number of benzene rings is 12. The van der Waals surface area contributed by atoms with Crippen LogP contribution < -0.4 is 19.6 Å². The topological polar surface area (TPSA) is 116 Å². The highest BCUT2D eigenvalue weighted by Crippen LogP contribution is 2.59. The van der Waals surface area contributed by atoms with Crippen LogP contribution in [-0.2, 0) is 21.7 Å². The molecule has 0 atom stereocenters. The van der Waals surface area contributed by atoms with Crippen molar-refractivity contribution in [2.45, 2.75) is 132 Å². The number of rotatable bonds is 12. The number of nitrogens with zero attached hydrogens (tertiary/aromatic N) is 12. The van der Waals surface area contributed by atoms with Crippen LogP contribution in [0.3, 0.4) is 0 Å². The molecule has 0 unspecified atom stereocenters. The second kappa shape index (κ2) is 38.2. The quantitative estimate of drug-likeness (QED) is 0.116. The average Bonchev–Trinajstić information content (AvgIpc) is 0.731. The van der Waals surface area contributed by atoms with E-state index in [9.17, 15) is 0 Å². The van der Waals surface area contributed by atoms with Gasteiger partial charge in [0.2, 0.25) is 0 Å². The van der Waals surface area contributed by atoms with Crippen molar-refractivity contribution in [1.82, 2.24) is 39.9 Å². The van der Waals surface area contributed by atoms with Crippen LogP contribution in [0.4, 0.5) is 68.2 Å². The fourth-order valence-corrected chi connectivity index (χ4v) is 21.5. The zero-order valence-corrected chi connectivity index (χ0v) is 84.6. The van der Waals surface area contributed by atoms with Gasteiger partial charge in [0.15, 0.2) is 0 Å². The molecule has 0 saturated carbocycles. The van der Waals surface area contributed by atoms with Gasteiger partial charge in [0.05, 0.1) is 68.3 Å². The van der Waals surface area contributed by atoms with Gasteiger partial charge in [-0.05, 0) is 328 Å². The van der Waals surface area contributed by atoms with Gasteiger partial charge in [0, 0.05) is 158 Å². The lowest BCUT2D eigenvalue weighted by molar-refractivity contribution is 0.630. The van der Waals surface area contributed by atoms with E-state index >= 15 is 0 Å². The van der Waals surface area contributed by atoms with Crippen LogP contribution in [0, 0.1) is 55.4 Å². The van der Waals surface area contributed by atoms with Crippen molar-refractivity contribution in [3.63, 3.8) is 0 Å². The molecule has 12 heteroatoms. The maximum absolute atomic E-state index is 4.67. The second-order valence-electron chi connectivity index (χ2n) is 40.9. The smallest absolute Gasteiger partial charge is 0.0702 e. The summed E-state index contributed by atoms with van der Waals surface area (Å²) in [6.45, 7) is 36.1. The molecule has 0 bridgehead atoms. The summed E-state index contributed by atoms with van der Waals surface area (Å²) in [5, 5.41) is 0. The molecular weight excluding hydrogens is 1750 g/mol. The third-order valence-electron chi connectivity index (χ3n) is 29.1. The summed E-state index contributed by atoms with van der Waals surface area (Å²) >= 11 is 0. The van der Waals surface area contributed by atoms with Crippen LogP contribution in [0.2, 0.25) is 0 Å². The summed E-state index contributed by atoms with van der Waals surface area (Å²) in [4.78, 5) is 45.8. The number of aryl methyl sites for hydroxylation is 8. The molecule has 12 aromatic carbocycles. The molecule has 0 N–H and O–H groups in total. The molecular formula is C132H116N12. The van der Waals surface area contributed by atoms with E-state index in [-0.39, 0.29) is 21.7 Å². The molecule has 0 spiro atoms. The number of anilines is 12. The standard InChI is InChI=1S/4C33H29N3/c1-22-9-11-31-29(15-22)33(3,4)30-16-23(2)10-12-32(30)36(31)28-18-26(24-7-5-13-34-20-24)17-27(19-28)25-8-6-14-35-21-25;1-22-11-13-31-27(17-22)33(3,4)28-18-23(2)12-14-32(28)36(31)26-20-24(29-9-5-7-15-34-29)19-25(21-26)30-10-6-8-16-35-30;1-22-10-12-31-28(16-22)33(3,4)29-17-23(2)11-13-32(29)36(31)27-19-25(24-8-7-14-34-21-24)18-26(20-27)30-9-5-6-15-35-30;1-22-8-10-31-28(17-22)33(3,4)29-18-23(2)9-11-32(29)36(31)27-20-25(24-12-15-34-16-13-24)19-26(21-27)30-7-5-6-14-35-30/h4*5-21H,1-4H3. The fraction of sp³-hybridized carbons (Fsp3) is 0.152. The fourth-order valence-electron chi connectivity index (χ4n) is 21.5. The predicted molar refractivity (Wildman–Crippen MR) is 597 cm³/mol. The summed E-state index contributed by atoms with van der Waals surface area (Å²) < 4.78 is 0. The third kappa shape index (κ3) is 18.0. The lowest BCUT2D eigenvalue weighted by Crippen LogP contribution is -2.31. The van der Waals surface area contributed by atoms with E-state index in [1.54, 1.807) is 0 Å². The average molecular weight is 1870 g/mol. The number of hydrogen-bond acceptors (Lipinski definition) is 12. The molecule has 4 aliphatic rings. The Kier molecular flexibility index (Phi) is 24.8. The largest absolute Gasteiger partial charge is 0.310 e. The molecule has 0 saturated heterocycles. The van der Waals surface area contributed by atoms with Gasteiger partial charge in [-0.15, -0.1) is 0 Å². The Hall–Kier alpha value is -17.0. The van der Waals surface area contributed by atoms with Crippen LogP contribution in [0.5, 0.6) is 0 Å². The third-order valence-corrected chi connectivity index (χ3v) is 29.1. The highest BCUT2D eigenvalue weighted by Gasteiger charge is 2.43. The van der Waals surface area contributed by atoms with E-state index < -0.39 is 0 Å². The monoisotopic (exact) mass is 1870 g/mol. The highest BCUT2D eigenvalue weighted by atomic mass is 15.2. The van der Waals surface area contributed by atoms with Crippen molar-refractivity contribution in [2.24, 2.45) is 0 Å². The van der Waals surface area contributed by atoms with Gasteiger partial charge in [-0.25, -0.2) is 0 Å². The SMILES string of the molecule is Cc1ccc2c(c1)C(C)(C)c1cc(C)ccc1N2c1cc(-c2ccccn2)cc(-c2ccccn2)c1.Cc1ccc2c(c1)C(C)(C)c1cc(C)ccc1N2c1cc(-c2cccnc2)cc(-c2ccccn2)c1.Cc1ccc2c(c1)C(C)(C)c1cc(C)ccc1N2c1cc(-c2cccnc2)cc(-c2cccnc2)c1.Cc1ccc2c(c1)C(C)(C)c1cc(C)ccc1N2c1cc(-c2ccncc2)cc(-c2ccccn2)c1. The molecule has 144 heavy (non-hydrogen) atoms. The predicted octanol–water partition coefficient (Wildman–Crippen LogP) is 34.1. The Labute approximate surface area is 847 Å². The summed E-state index contributed by atoms with van der Waals surface area (Å²) in [7, 11) is 0. The second-order valence-corrected chi connectivity index (χ2v) is 40.9. The maximum Gasteiger partial charge on any atom is 0.0702 e. The van der Waals surface area contributed by atoms with Gasteiger partial charge in [0.1, 0.15) is 0 Å². The Morgan fingerprint density at radius 3 is 0.562 bits per heavy atom. The minimum atomic E-state index is -0.110. The first kappa shape index (κ1) is 93.3. The first-order valence-corrected chi connectivity index (χ1v) is 49.6. The first-order chi connectivity index (χ1) is 69.7. The van der Waals surface area contributed by atoms with Crippen LogP contribution in [-0.4, -0.2) is 39.9 Å². The molecule has 0 aliphatic carbocycles. The maximum atomic E-state index is 4.67. The lowest BCUT2D eigenvalue weighted by Gasteiger charge is -2.42. The van der Waals surface area contributed by atoms with Crippen LogP contribution >= 0.6 is 0 Å². The van der Waals surface area contributed by atoms with E-state index in [0.717, 1.165) is 112 Å². The summed E-state index contributed by atoms with van der Waals surface area (Å²) in [6, 6.07) is 122. The lowest BCUT2D eigenvalue weighted by atomic mass is 9.72. The van der Waals surface area contributed by atoms with Crippen LogP contribution in [0.1, 0.15) is 144 Å². The summed E-state index contributed by atoms with van der Waals surface area (Å²) in [5.74, 6) is 0. The van der Waals surface area contributed by atoms with E-state index in [4.69, 9.17) is 0 Å². The zero-order chi connectivity index (χ0) is 99.5. The Morgan fingerprint density at radius 2 is 0.361 bits per heavy atom. The van der Waals surface area contributed by atoms with Gasteiger partial charge in [-0.2, -0.15) is 0 Å². The zero-order valence-electron chi connectivity index (χ0n) is 84.6. The Morgan fingerprint density at radius 1 is 0.160 bits per heavy atom. The van der Waals surface area contributed by atoms with Gasteiger partial charge in [0.25, 0.3) is 0 Å². The normalized spacial score (nSPS) is 13.7. The number of pyridine rings is 8. The van der Waals surface area contributed by atoms with Crippen molar-refractivity contribution >= 4 is 68.2 Å². The summed E-state index contributed by atoms with van der Waals surface area (Å²) in [5.41, 5.74) is 51.8. The van der Waals surface area contributed by atoms with Crippen molar-refractivity contribution in [3.05, 3.63) is 503 Å². The minimum Gasteiger partial charge on any atom is -0.310 e. The molecule has 0 fully saturated rings. The number of aromatic nitrogens is 8. The minimum absolute atomic E-state index is 0.105. The molecule has 12 heterocycles. The van der Waals surface area contributed by atoms with E-state index in [1.807, 2.05) is 141 Å². The molecule has 12 nitrogen and oxygen atoms in total. The van der Waals surface area contributed by atoms with Crippen molar-refractivity contribution in [1.29, 1.82) is 0 Å². The van der Waals surface area contributed by atoms with Crippen molar-refractivity contribution in [3.8, 4) is 89.5 Å². The molecule has 20 aromatic rings. The Balaban J connectivity index is 0.000000113. The van der Waals surface area contributed by atoms with Gasteiger partial charge in [-0.3, -0.25) is 39.9 Å². The Bertz CT molecular complexity index is 6790. The van der Waals surface area contributed by atoms with E-state index in [1.165, 1.54) is 135 Å². The number of hydrogen-bond donors (Lipinski definition) is 0. The first-order valence-electron chi connectivity index (χ1n) is 49.6. The highest BCUT2D eigenvalue weighted by molar-refractivity contribution is 5.96. The van der Waals surface area contributed by atoms with Gasteiger partial charge >= 0.3 is 0 Å². The molecule has 24 rings (SSSR count). The van der Waals surface area contributed by atoms with Crippen molar-refractivity contribution in [2.75, 3.05) is 19.6 Å².